The molecule has 0 aliphatic carbocycles. The molecule has 3 N–H and O–H groups in total. The van der Waals surface area contributed by atoms with E-state index in [2.05, 4.69) is 4.72 Å². The molecule has 0 atom stereocenters. The van der Waals surface area contributed by atoms with Crippen molar-refractivity contribution < 1.29 is 12.8 Å². The van der Waals surface area contributed by atoms with Crippen molar-refractivity contribution in [2.24, 2.45) is 0 Å². The van der Waals surface area contributed by atoms with Gasteiger partial charge in [-0.15, -0.1) is 0 Å². The second kappa shape index (κ2) is 5.13. The van der Waals surface area contributed by atoms with Crippen molar-refractivity contribution in [1.29, 1.82) is 0 Å². The molecule has 0 saturated carbocycles. The average molecular weight is 294 g/mol. The summed E-state index contributed by atoms with van der Waals surface area (Å²) in [5, 5.41) is 0. The van der Waals surface area contributed by atoms with Gasteiger partial charge in [0, 0.05) is 5.69 Å². The van der Waals surface area contributed by atoms with Crippen LogP contribution in [0, 0.1) is 19.7 Å². The lowest BCUT2D eigenvalue weighted by atomic mass is 10.1. The Morgan fingerprint density at radius 3 is 2.25 bits per heavy atom. The molecular weight excluding hydrogens is 279 g/mol. The molecule has 0 radical (unpaired) electrons. The molecule has 20 heavy (non-hydrogen) atoms. The van der Waals surface area contributed by atoms with Gasteiger partial charge < -0.3 is 5.73 Å². The molecule has 0 aromatic heterocycles. The molecule has 0 bridgehead atoms. The number of nitrogens with two attached hydrogens (primary N) is 1. The first-order valence-corrected chi connectivity index (χ1v) is 7.43. The molecular formula is C14H15FN2O2S. The first-order chi connectivity index (χ1) is 9.29. The number of hydrogen-bond acceptors (Lipinski definition) is 3. The van der Waals surface area contributed by atoms with Crippen LogP contribution in [-0.2, 0) is 10.0 Å². The summed E-state index contributed by atoms with van der Waals surface area (Å²) in [7, 11) is -3.78. The highest BCUT2D eigenvalue weighted by atomic mass is 32.2. The number of nitrogens with one attached hydrogen (secondary N) is 1. The fourth-order valence-corrected chi connectivity index (χ4v) is 3.67. The van der Waals surface area contributed by atoms with Gasteiger partial charge in [-0.05, 0) is 55.3 Å². The molecule has 0 unspecified atom stereocenters. The van der Waals surface area contributed by atoms with Gasteiger partial charge in [0.05, 0.1) is 10.6 Å². The van der Waals surface area contributed by atoms with Gasteiger partial charge in [-0.1, -0.05) is 6.07 Å². The van der Waals surface area contributed by atoms with Crippen molar-refractivity contribution in [2.45, 2.75) is 18.7 Å². The standard InChI is InChI=1S/C14H15FN2O2S/c1-9-6-12(16)7-10(2)14(9)20(18,19)17-13-5-3-4-11(15)8-13/h3-8,17H,16H2,1-2H3. The van der Waals surface area contributed by atoms with E-state index < -0.39 is 15.8 Å². The smallest absolute Gasteiger partial charge is 0.262 e. The van der Waals surface area contributed by atoms with Gasteiger partial charge in [0.25, 0.3) is 10.0 Å². The summed E-state index contributed by atoms with van der Waals surface area (Å²) in [5.74, 6) is -0.504. The van der Waals surface area contributed by atoms with E-state index in [1.807, 2.05) is 0 Å². The lowest BCUT2D eigenvalue weighted by molar-refractivity contribution is 0.600. The van der Waals surface area contributed by atoms with Crippen LogP contribution in [0.4, 0.5) is 15.8 Å². The van der Waals surface area contributed by atoms with Crippen molar-refractivity contribution >= 4 is 21.4 Å². The van der Waals surface area contributed by atoms with Crippen LogP contribution >= 0.6 is 0 Å². The molecule has 6 heteroatoms. The summed E-state index contributed by atoms with van der Waals surface area (Å²) < 4.78 is 40.3. The quantitative estimate of drug-likeness (QED) is 0.855. The Balaban J connectivity index is 2.46. The second-order valence-electron chi connectivity index (χ2n) is 4.60. The summed E-state index contributed by atoms with van der Waals surface area (Å²) in [6.45, 7) is 3.34. The van der Waals surface area contributed by atoms with Crippen molar-refractivity contribution in [2.75, 3.05) is 10.5 Å². The average Bonchev–Trinajstić information content (AvgIpc) is 2.25. The molecule has 4 nitrogen and oxygen atoms in total. The van der Waals surface area contributed by atoms with Crippen LogP contribution in [-0.4, -0.2) is 8.42 Å². The minimum Gasteiger partial charge on any atom is -0.399 e. The predicted octanol–water partition coefficient (Wildman–Crippen LogP) is 2.83. The van der Waals surface area contributed by atoms with E-state index in [0.29, 0.717) is 16.8 Å². The van der Waals surface area contributed by atoms with Gasteiger partial charge >= 0.3 is 0 Å². The summed E-state index contributed by atoms with van der Waals surface area (Å²) in [5.41, 5.74) is 7.46. The van der Waals surface area contributed by atoms with E-state index in [4.69, 9.17) is 5.73 Å². The lowest BCUT2D eigenvalue weighted by Gasteiger charge is -2.13. The van der Waals surface area contributed by atoms with Crippen molar-refractivity contribution in [3.05, 3.63) is 53.3 Å². The Labute approximate surface area is 117 Å². The Kier molecular flexibility index (Phi) is 3.67. The maximum absolute atomic E-state index is 13.1. The molecule has 0 aliphatic rings. The molecule has 0 heterocycles. The molecule has 0 saturated heterocycles. The molecule has 0 spiro atoms. The number of halogens is 1. The highest BCUT2D eigenvalue weighted by Gasteiger charge is 2.20. The summed E-state index contributed by atoms with van der Waals surface area (Å²) in [6, 6.07) is 8.48. The number of benzene rings is 2. The van der Waals surface area contributed by atoms with E-state index >= 15 is 0 Å². The molecule has 0 fully saturated rings. The monoisotopic (exact) mass is 294 g/mol. The van der Waals surface area contributed by atoms with Crippen LogP contribution in [0.5, 0.6) is 0 Å². The number of anilines is 2. The number of rotatable bonds is 3. The molecule has 106 valence electrons. The fraction of sp³-hybridized carbons (Fsp3) is 0.143. The van der Waals surface area contributed by atoms with E-state index in [1.165, 1.54) is 18.2 Å². The third kappa shape index (κ3) is 2.91. The van der Waals surface area contributed by atoms with Gasteiger partial charge in [-0.3, -0.25) is 4.72 Å². The highest BCUT2D eigenvalue weighted by Crippen LogP contribution is 2.25. The van der Waals surface area contributed by atoms with Crippen molar-refractivity contribution in [1.82, 2.24) is 0 Å². The van der Waals surface area contributed by atoms with Crippen LogP contribution in [0.25, 0.3) is 0 Å². The maximum Gasteiger partial charge on any atom is 0.262 e. The van der Waals surface area contributed by atoms with E-state index in [9.17, 15) is 12.8 Å². The Morgan fingerprint density at radius 2 is 1.70 bits per heavy atom. The minimum absolute atomic E-state index is 0.163. The Hall–Kier alpha value is -2.08. The van der Waals surface area contributed by atoms with Gasteiger partial charge in [-0.25, -0.2) is 12.8 Å². The van der Waals surface area contributed by atoms with Gasteiger partial charge in [0.15, 0.2) is 0 Å². The van der Waals surface area contributed by atoms with Crippen LogP contribution < -0.4 is 10.5 Å². The van der Waals surface area contributed by atoms with E-state index in [1.54, 1.807) is 26.0 Å². The zero-order valence-corrected chi connectivity index (χ0v) is 12.0. The van der Waals surface area contributed by atoms with E-state index in [-0.39, 0.29) is 10.6 Å². The number of nitrogen functional groups attached to an aromatic ring is 1. The summed E-state index contributed by atoms with van der Waals surface area (Å²) >= 11 is 0. The number of sulfonamides is 1. The Bertz CT molecular complexity index is 735. The van der Waals surface area contributed by atoms with Gasteiger partial charge in [-0.2, -0.15) is 0 Å². The molecule has 0 aliphatic heterocycles. The van der Waals surface area contributed by atoms with Gasteiger partial charge in [0.1, 0.15) is 5.82 Å². The fourth-order valence-electron chi connectivity index (χ4n) is 2.17. The third-order valence-corrected chi connectivity index (χ3v) is 4.51. The normalized spacial score (nSPS) is 11.3. The largest absolute Gasteiger partial charge is 0.399 e. The predicted molar refractivity (Wildman–Crippen MR) is 77.5 cm³/mol. The highest BCUT2D eigenvalue weighted by molar-refractivity contribution is 7.92. The molecule has 2 aromatic carbocycles. The first-order valence-electron chi connectivity index (χ1n) is 5.95. The van der Waals surface area contributed by atoms with E-state index in [0.717, 1.165) is 6.07 Å². The lowest BCUT2D eigenvalue weighted by Crippen LogP contribution is -2.16. The minimum atomic E-state index is -3.78. The number of aryl methyl sites for hydroxylation is 2. The van der Waals surface area contributed by atoms with Crippen LogP contribution in [0.2, 0.25) is 0 Å². The zero-order valence-electron chi connectivity index (χ0n) is 11.1. The number of hydrogen-bond donors (Lipinski definition) is 2. The van der Waals surface area contributed by atoms with Crippen molar-refractivity contribution in [3.63, 3.8) is 0 Å². The SMILES string of the molecule is Cc1cc(N)cc(C)c1S(=O)(=O)Nc1cccc(F)c1. The first kappa shape index (κ1) is 14.3. The summed E-state index contributed by atoms with van der Waals surface area (Å²) in [4.78, 5) is 0.163. The van der Waals surface area contributed by atoms with Crippen LogP contribution in [0.15, 0.2) is 41.3 Å². The van der Waals surface area contributed by atoms with Gasteiger partial charge in [0.2, 0.25) is 0 Å². The molecule has 2 rings (SSSR count). The second-order valence-corrected chi connectivity index (χ2v) is 6.22. The molecule has 2 aromatic rings. The van der Waals surface area contributed by atoms with Crippen LogP contribution in [0.1, 0.15) is 11.1 Å². The summed E-state index contributed by atoms with van der Waals surface area (Å²) in [6.07, 6.45) is 0. The van der Waals surface area contributed by atoms with Crippen molar-refractivity contribution in [3.8, 4) is 0 Å². The molecule has 0 amide bonds. The Morgan fingerprint density at radius 1 is 1.10 bits per heavy atom. The third-order valence-electron chi connectivity index (χ3n) is 2.83. The van der Waals surface area contributed by atoms with Crippen LogP contribution in [0.3, 0.4) is 0 Å². The topological polar surface area (TPSA) is 72.2 Å². The maximum atomic E-state index is 13.1. The zero-order chi connectivity index (χ0) is 14.9.